The lowest BCUT2D eigenvalue weighted by Gasteiger charge is -2.26. The summed E-state index contributed by atoms with van der Waals surface area (Å²) in [7, 11) is 2.24. The molecule has 2 rings (SSSR count). The SMILES string of the molecule is CCC(N)Cc1cc(C)ccc1N(C)CC1CCCC1. The van der Waals surface area contributed by atoms with Gasteiger partial charge in [0.15, 0.2) is 0 Å². The Balaban J connectivity index is 2.11. The first-order chi connectivity index (χ1) is 9.60. The average molecular weight is 274 g/mol. The molecule has 0 radical (unpaired) electrons. The van der Waals surface area contributed by atoms with Crippen molar-refractivity contribution in [3.8, 4) is 0 Å². The molecule has 0 heterocycles. The van der Waals surface area contributed by atoms with Gasteiger partial charge < -0.3 is 10.6 Å². The van der Waals surface area contributed by atoms with Crippen LogP contribution in [0.4, 0.5) is 5.69 Å². The monoisotopic (exact) mass is 274 g/mol. The van der Waals surface area contributed by atoms with Crippen LogP contribution in [0.5, 0.6) is 0 Å². The van der Waals surface area contributed by atoms with Gasteiger partial charge in [-0.05, 0) is 50.2 Å². The van der Waals surface area contributed by atoms with E-state index in [0.29, 0.717) is 0 Å². The highest BCUT2D eigenvalue weighted by molar-refractivity contribution is 5.55. The molecule has 1 aliphatic rings. The van der Waals surface area contributed by atoms with Crippen molar-refractivity contribution in [2.24, 2.45) is 11.7 Å². The zero-order valence-electron chi connectivity index (χ0n) is 13.4. The van der Waals surface area contributed by atoms with Gasteiger partial charge in [-0.25, -0.2) is 0 Å². The van der Waals surface area contributed by atoms with Crippen molar-refractivity contribution >= 4 is 5.69 Å². The van der Waals surface area contributed by atoms with Crippen LogP contribution >= 0.6 is 0 Å². The van der Waals surface area contributed by atoms with E-state index in [-0.39, 0.29) is 6.04 Å². The van der Waals surface area contributed by atoms with E-state index in [1.807, 2.05) is 0 Å². The summed E-state index contributed by atoms with van der Waals surface area (Å²) in [6, 6.07) is 7.09. The molecule has 0 bridgehead atoms. The number of anilines is 1. The molecule has 0 saturated heterocycles. The number of hydrogen-bond acceptors (Lipinski definition) is 2. The number of hydrogen-bond donors (Lipinski definition) is 1. The van der Waals surface area contributed by atoms with Gasteiger partial charge in [0.25, 0.3) is 0 Å². The maximum absolute atomic E-state index is 6.17. The summed E-state index contributed by atoms with van der Waals surface area (Å²) in [5.74, 6) is 0.883. The van der Waals surface area contributed by atoms with Crippen LogP contribution in [0.25, 0.3) is 0 Å². The van der Waals surface area contributed by atoms with Gasteiger partial charge in [0.1, 0.15) is 0 Å². The third kappa shape index (κ3) is 3.99. The van der Waals surface area contributed by atoms with E-state index in [2.05, 4.69) is 44.0 Å². The third-order valence-corrected chi connectivity index (χ3v) is 4.66. The van der Waals surface area contributed by atoms with Gasteiger partial charge in [0.2, 0.25) is 0 Å². The summed E-state index contributed by atoms with van der Waals surface area (Å²) in [6.45, 7) is 5.53. The van der Waals surface area contributed by atoms with E-state index in [1.165, 1.54) is 49.0 Å². The minimum absolute atomic E-state index is 0.274. The standard InChI is InChI=1S/C18H30N2/c1-4-17(19)12-16-11-14(2)9-10-18(16)20(3)13-15-7-5-6-8-15/h9-11,15,17H,4-8,12-13,19H2,1-3H3. The molecular weight excluding hydrogens is 244 g/mol. The predicted molar refractivity (Wildman–Crippen MR) is 88.4 cm³/mol. The smallest absolute Gasteiger partial charge is 0.0397 e. The highest BCUT2D eigenvalue weighted by Gasteiger charge is 2.18. The van der Waals surface area contributed by atoms with E-state index in [9.17, 15) is 0 Å². The van der Waals surface area contributed by atoms with Gasteiger partial charge in [-0.3, -0.25) is 0 Å². The van der Waals surface area contributed by atoms with Crippen LogP contribution in [-0.4, -0.2) is 19.6 Å². The molecule has 112 valence electrons. The van der Waals surface area contributed by atoms with Gasteiger partial charge in [0.05, 0.1) is 0 Å². The fourth-order valence-electron chi connectivity index (χ4n) is 3.36. The van der Waals surface area contributed by atoms with Crippen LogP contribution < -0.4 is 10.6 Å². The molecule has 1 aromatic rings. The molecule has 20 heavy (non-hydrogen) atoms. The third-order valence-electron chi connectivity index (χ3n) is 4.66. The van der Waals surface area contributed by atoms with Crippen LogP contribution in [0.3, 0.4) is 0 Å². The molecule has 1 unspecified atom stereocenters. The lowest BCUT2D eigenvalue weighted by molar-refractivity contribution is 0.545. The quantitative estimate of drug-likeness (QED) is 0.852. The highest BCUT2D eigenvalue weighted by atomic mass is 15.1. The van der Waals surface area contributed by atoms with E-state index >= 15 is 0 Å². The molecule has 2 heteroatoms. The lowest BCUT2D eigenvalue weighted by Crippen LogP contribution is -2.27. The molecular formula is C18H30N2. The first-order valence-corrected chi connectivity index (χ1v) is 8.16. The van der Waals surface area contributed by atoms with E-state index in [4.69, 9.17) is 5.73 Å². The van der Waals surface area contributed by atoms with Crippen LogP contribution in [-0.2, 0) is 6.42 Å². The van der Waals surface area contributed by atoms with Crippen molar-refractivity contribution < 1.29 is 0 Å². The summed E-state index contributed by atoms with van der Waals surface area (Å²) in [5.41, 5.74) is 10.3. The Morgan fingerprint density at radius 1 is 1.30 bits per heavy atom. The fourth-order valence-corrected chi connectivity index (χ4v) is 3.36. The van der Waals surface area contributed by atoms with Crippen LogP contribution in [0.1, 0.15) is 50.2 Å². The Morgan fingerprint density at radius 3 is 2.65 bits per heavy atom. The van der Waals surface area contributed by atoms with Crippen LogP contribution in [0, 0.1) is 12.8 Å². The number of nitrogens with two attached hydrogens (primary N) is 1. The summed E-state index contributed by atoms with van der Waals surface area (Å²) in [5, 5.41) is 0. The second-order valence-electron chi connectivity index (χ2n) is 6.54. The topological polar surface area (TPSA) is 29.3 Å². The molecule has 0 aromatic heterocycles. The molecule has 0 aliphatic heterocycles. The Morgan fingerprint density at radius 2 is 2.00 bits per heavy atom. The molecule has 1 saturated carbocycles. The fraction of sp³-hybridized carbons (Fsp3) is 0.667. The van der Waals surface area contributed by atoms with Gasteiger partial charge in [-0.15, -0.1) is 0 Å². The van der Waals surface area contributed by atoms with Crippen molar-refractivity contribution in [2.45, 2.75) is 58.4 Å². The summed E-state index contributed by atoms with van der Waals surface area (Å²) < 4.78 is 0. The summed E-state index contributed by atoms with van der Waals surface area (Å²) in [6.07, 6.45) is 7.67. The largest absolute Gasteiger partial charge is 0.374 e. The Bertz CT molecular complexity index is 421. The van der Waals surface area contributed by atoms with Crippen LogP contribution in [0.2, 0.25) is 0 Å². The predicted octanol–water partition coefficient (Wildman–Crippen LogP) is 3.90. The number of benzene rings is 1. The van der Waals surface area contributed by atoms with E-state index in [0.717, 1.165) is 18.8 Å². The van der Waals surface area contributed by atoms with Gasteiger partial charge >= 0.3 is 0 Å². The van der Waals surface area contributed by atoms with E-state index < -0.39 is 0 Å². The first kappa shape index (κ1) is 15.4. The van der Waals surface area contributed by atoms with Crippen LogP contribution in [0.15, 0.2) is 18.2 Å². The zero-order valence-corrected chi connectivity index (χ0v) is 13.4. The van der Waals surface area contributed by atoms with Gasteiger partial charge in [-0.1, -0.05) is 37.5 Å². The number of nitrogens with zero attached hydrogens (tertiary/aromatic N) is 1. The molecule has 1 aromatic carbocycles. The maximum atomic E-state index is 6.17. The molecule has 0 amide bonds. The van der Waals surface area contributed by atoms with Crippen molar-refractivity contribution in [3.05, 3.63) is 29.3 Å². The summed E-state index contributed by atoms with van der Waals surface area (Å²) >= 11 is 0. The zero-order chi connectivity index (χ0) is 14.5. The Hall–Kier alpha value is -1.02. The van der Waals surface area contributed by atoms with E-state index in [1.54, 1.807) is 0 Å². The van der Waals surface area contributed by atoms with Gasteiger partial charge in [-0.2, -0.15) is 0 Å². The van der Waals surface area contributed by atoms with Gasteiger partial charge in [0, 0.05) is 25.3 Å². The highest BCUT2D eigenvalue weighted by Crippen LogP contribution is 2.29. The molecule has 2 nitrogen and oxygen atoms in total. The second kappa shape index (κ2) is 7.12. The van der Waals surface area contributed by atoms with Crippen molar-refractivity contribution in [3.63, 3.8) is 0 Å². The molecule has 1 atom stereocenters. The minimum Gasteiger partial charge on any atom is -0.374 e. The second-order valence-corrected chi connectivity index (χ2v) is 6.54. The number of aryl methyl sites for hydroxylation is 1. The first-order valence-electron chi connectivity index (χ1n) is 8.16. The molecule has 0 spiro atoms. The molecule has 1 aliphatic carbocycles. The van der Waals surface area contributed by atoms with Crippen molar-refractivity contribution in [1.29, 1.82) is 0 Å². The van der Waals surface area contributed by atoms with Crippen molar-refractivity contribution in [1.82, 2.24) is 0 Å². The molecule has 1 fully saturated rings. The maximum Gasteiger partial charge on any atom is 0.0397 e. The number of rotatable bonds is 6. The normalized spacial score (nSPS) is 17.4. The summed E-state index contributed by atoms with van der Waals surface area (Å²) in [4.78, 5) is 2.45. The Labute approximate surface area is 124 Å². The lowest BCUT2D eigenvalue weighted by atomic mass is 9.99. The molecule has 2 N–H and O–H groups in total. The Kier molecular flexibility index (Phi) is 5.47. The average Bonchev–Trinajstić information content (AvgIpc) is 2.91. The minimum atomic E-state index is 0.274. The van der Waals surface area contributed by atoms with Crippen molar-refractivity contribution in [2.75, 3.05) is 18.5 Å².